The Morgan fingerprint density at radius 2 is 2.00 bits per heavy atom. The van der Waals surface area contributed by atoms with E-state index in [9.17, 15) is 4.79 Å². The van der Waals surface area contributed by atoms with E-state index in [0.717, 1.165) is 22.9 Å². The standard InChI is InChI=1S/C17H20BrN3O3/c1-17(2,3)24-16(22)21-10-4-5-13(21)15-20-19-14(23-15)11-6-8-12(18)9-7-11/h6-9,13H,4-5,10H2,1-3H3/t13-/m0/s1. The number of ether oxygens (including phenoxy) is 1. The Morgan fingerprint density at radius 3 is 2.67 bits per heavy atom. The summed E-state index contributed by atoms with van der Waals surface area (Å²) < 4.78 is 12.3. The van der Waals surface area contributed by atoms with Crippen LogP contribution in [0.5, 0.6) is 0 Å². The lowest BCUT2D eigenvalue weighted by Crippen LogP contribution is -2.36. The van der Waals surface area contributed by atoms with Gasteiger partial charge in [-0.15, -0.1) is 10.2 Å². The summed E-state index contributed by atoms with van der Waals surface area (Å²) in [6, 6.07) is 7.42. The predicted octanol–water partition coefficient (Wildman–Crippen LogP) is 4.57. The number of nitrogens with zero attached hydrogens (tertiary/aromatic N) is 3. The Kier molecular flexibility index (Phi) is 4.62. The topological polar surface area (TPSA) is 68.5 Å². The Hall–Kier alpha value is -1.89. The fourth-order valence-corrected chi connectivity index (χ4v) is 2.91. The first kappa shape index (κ1) is 17.0. The minimum Gasteiger partial charge on any atom is -0.444 e. The van der Waals surface area contributed by atoms with Gasteiger partial charge in [0.2, 0.25) is 11.8 Å². The lowest BCUT2D eigenvalue weighted by atomic mass is 10.2. The molecular weight excluding hydrogens is 374 g/mol. The quantitative estimate of drug-likeness (QED) is 0.746. The first-order chi connectivity index (χ1) is 11.3. The van der Waals surface area contributed by atoms with Crippen LogP contribution in [0, 0.1) is 0 Å². The number of likely N-dealkylation sites (tertiary alicyclic amines) is 1. The van der Waals surface area contributed by atoms with E-state index in [1.807, 2.05) is 45.0 Å². The molecule has 1 atom stereocenters. The minimum absolute atomic E-state index is 0.225. The molecule has 3 rings (SSSR count). The van der Waals surface area contributed by atoms with Gasteiger partial charge in [0, 0.05) is 16.6 Å². The number of carbonyl (C=O) groups excluding carboxylic acids is 1. The highest BCUT2D eigenvalue weighted by Gasteiger charge is 2.36. The molecule has 0 bridgehead atoms. The van der Waals surface area contributed by atoms with Crippen molar-refractivity contribution in [2.24, 2.45) is 0 Å². The molecule has 0 spiro atoms. The molecule has 1 saturated heterocycles. The zero-order chi connectivity index (χ0) is 17.3. The molecule has 7 heteroatoms. The Morgan fingerprint density at radius 1 is 1.29 bits per heavy atom. The van der Waals surface area contributed by atoms with E-state index in [4.69, 9.17) is 9.15 Å². The lowest BCUT2D eigenvalue weighted by Gasteiger charge is -2.27. The zero-order valence-electron chi connectivity index (χ0n) is 14.0. The fraction of sp³-hybridized carbons (Fsp3) is 0.471. The molecule has 128 valence electrons. The van der Waals surface area contributed by atoms with E-state index in [-0.39, 0.29) is 12.1 Å². The number of halogens is 1. The van der Waals surface area contributed by atoms with Gasteiger partial charge in [0.15, 0.2) is 0 Å². The SMILES string of the molecule is CC(C)(C)OC(=O)N1CCC[C@H]1c1nnc(-c2ccc(Br)cc2)o1. The third-order valence-corrected chi connectivity index (χ3v) is 4.23. The summed E-state index contributed by atoms with van der Waals surface area (Å²) in [7, 11) is 0. The molecule has 1 fully saturated rings. The van der Waals surface area contributed by atoms with Gasteiger partial charge in [-0.25, -0.2) is 4.79 Å². The van der Waals surface area contributed by atoms with Gasteiger partial charge in [-0.05, 0) is 57.9 Å². The number of rotatable bonds is 2. The predicted molar refractivity (Wildman–Crippen MR) is 92.3 cm³/mol. The molecule has 6 nitrogen and oxygen atoms in total. The maximum atomic E-state index is 12.4. The van der Waals surface area contributed by atoms with Gasteiger partial charge in [-0.3, -0.25) is 4.90 Å². The second-order valence-electron chi connectivity index (χ2n) is 6.78. The van der Waals surface area contributed by atoms with Gasteiger partial charge in [0.05, 0.1) is 0 Å². The van der Waals surface area contributed by atoms with E-state index in [1.54, 1.807) is 4.90 Å². The summed E-state index contributed by atoms with van der Waals surface area (Å²) >= 11 is 3.40. The van der Waals surface area contributed by atoms with Crippen LogP contribution in [0.15, 0.2) is 33.2 Å². The largest absolute Gasteiger partial charge is 0.444 e. The number of carbonyl (C=O) groups is 1. The number of hydrogen-bond acceptors (Lipinski definition) is 5. The average molecular weight is 394 g/mol. The molecule has 2 heterocycles. The Balaban J connectivity index is 1.78. The van der Waals surface area contributed by atoms with Gasteiger partial charge in [-0.2, -0.15) is 0 Å². The molecule has 1 aliphatic rings. The van der Waals surface area contributed by atoms with E-state index in [1.165, 1.54) is 0 Å². The van der Waals surface area contributed by atoms with Crippen LogP contribution in [0.1, 0.15) is 45.5 Å². The number of hydrogen-bond donors (Lipinski definition) is 0. The highest BCUT2D eigenvalue weighted by atomic mass is 79.9. The first-order valence-corrected chi connectivity index (χ1v) is 8.72. The first-order valence-electron chi connectivity index (χ1n) is 7.92. The smallest absolute Gasteiger partial charge is 0.410 e. The van der Waals surface area contributed by atoms with Crippen LogP contribution in [0.4, 0.5) is 4.79 Å². The third kappa shape index (κ3) is 3.77. The van der Waals surface area contributed by atoms with Crippen molar-refractivity contribution >= 4 is 22.0 Å². The minimum atomic E-state index is -0.526. The molecule has 1 aromatic heterocycles. The highest BCUT2D eigenvalue weighted by molar-refractivity contribution is 9.10. The van der Waals surface area contributed by atoms with E-state index >= 15 is 0 Å². The molecule has 0 radical (unpaired) electrons. The van der Waals surface area contributed by atoms with Crippen molar-refractivity contribution in [2.75, 3.05) is 6.54 Å². The van der Waals surface area contributed by atoms with Crippen LogP contribution >= 0.6 is 15.9 Å². The number of aromatic nitrogens is 2. The van der Waals surface area contributed by atoms with Gasteiger partial charge >= 0.3 is 6.09 Å². The van der Waals surface area contributed by atoms with Crippen LogP contribution in [0.25, 0.3) is 11.5 Å². The maximum absolute atomic E-state index is 12.4. The van der Waals surface area contributed by atoms with Gasteiger partial charge in [0.1, 0.15) is 11.6 Å². The Labute approximate surface area is 149 Å². The average Bonchev–Trinajstić information content (AvgIpc) is 3.15. The van der Waals surface area contributed by atoms with Crippen molar-refractivity contribution in [3.05, 3.63) is 34.6 Å². The maximum Gasteiger partial charge on any atom is 0.410 e. The molecule has 2 aromatic rings. The van der Waals surface area contributed by atoms with Crippen LogP contribution in [0.2, 0.25) is 0 Å². The highest BCUT2D eigenvalue weighted by Crippen LogP contribution is 2.33. The second kappa shape index (κ2) is 6.55. The van der Waals surface area contributed by atoms with Crippen LogP contribution in [-0.4, -0.2) is 33.3 Å². The van der Waals surface area contributed by atoms with Crippen molar-refractivity contribution in [1.29, 1.82) is 0 Å². The molecule has 24 heavy (non-hydrogen) atoms. The monoisotopic (exact) mass is 393 g/mol. The van der Waals surface area contributed by atoms with Crippen molar-refractivity contribution in [2.45, 2.75) is 45.3 Å². The summed E-state index contributed by atoms with van der Waals surface area (Å²) in [6.45, 7) is 6.20. The van der Waals surface area contributed by atoms with Crippen molar-refractivity contribution in [3.63, 3.8) is 0 Å². The Bertz CT molecular complexity index is 721. The second-order valence-corrected chi connectivity index (χ2v) is 7.70. The van der Waals surface area contributed by atoms with E-state index in [2.05, 4.69) is 26.1 Å². The summed E-state index contributed by atoms with van der Waals surface area (Å²) in [5, 5.41) is 8.27. The van der Waals surface area contributed by atoms with Gasteiger partial charge in [0.25, 0.3) is 0 Å². The molecule has 0 unspecified atom stereocenters. The third-order valence-electron chi connectivity index (χ3n) is 3.70. The molecule has 0 aliphatic carbocycles. The van der Waals surface area contributed by atoms with Crippen LogP contribution in [-0.2, 0) is 4.74 Å². The van der Waals surface area contributed by atoms with Crippen molar-refractivity contribution in [1.82, 2.24) is 15.1 Å². The molecule has 0 N–H and O–H groups in total. The number of benzene rings is 1. The molecule has 1 aliphatic heterocycles. The zero-order valence-corrected chi connectivity index (χ0v) is 15.5. The van der Waals surface area contributed by atoms with Crippen molar-refractivity contribution in [3.8, 4) is 11.5 Å². The lowest BCUT2D eigenvalue weighted by molar-refractivity contribution is 0.0204. The summed E-state index contributed by atoms with van der Waals surface area (Å²) in [6.07, 6.45) is 1.34. The normalized spacial score (nSPS) is 18.0. The molecule has 1 aromatic carbocycles. The van der Waals surface area contributed by atoms with Crippen LogP contribution in [0.3, 0.4) is 0 Å². The fourth-order valence-electron chi connectivity index (χ4n) is 2.64. The van der Waals surface area contributed by atoms with E-state index < -0.39 is 5.60 Å². The number of amides is 1. The van der Waals surface area contributed by atoms with Gasteiger partial charge in [-0.1, -0.05) is 15.9 Å². The summed E-state index contributed by atoms with van der Waals surface area (Å²) in [5.74, 6) is 0.907. The summed E-state index contributed by atoms with van der Waals surface area (Å²) in [4.78, 5) is 14.0. The van der Waals surface area contributed by atoms with E-state index in [0.29, 0.717) is 18.3 Å². The molecule has 0 saturated carbocycles. The van der Waals surface area contributed by atoms with Gasteiger partial charge < -0.3 is 9.15 Å². The molecular formula is C17H20BrN3O3. The van der Waals surface area contributed by atoms with Crippen LogP contribution < -0.4 is 0 Å². The summed E-state index contributed by atoms with van der Waals surface area (Å²) in [5.41, 5.74) is 0.320. The molecule has 1 amide bonds. The van der Waals surface area contributed by atoms with Crippen molar-refractivity contribution < 1.29 is 13.9 Å².